The van der Waals surface area contributed by atoms with E-state index in [2.05, 4.69) is 6.92 Å². The molecule has 228 valence electrons. The van der Waals surface area contributed by atoms with E-state index < -0.39 is 0 Å². The Hall–Kier alpha value is -0.570. The molecule has 0 aliphatic carbocycles. The molecular weight excluding hydrogens is 468 g/mol. The van der Waals surface area contributed by atoms with Gasteiger partial charge in [0.05, 0.1) is 12.0 Å². The van der Waals surface area contributed by atoms with Gasteiger partial charge in [0.15, 0.2) is 0 Å². The zero-order valence-corrected chi connectivity index (χ0v) is 26.4. The minimum Gasteiger partial charge on any atom is -0.463 e. The van der Waals surface area contributed by atoms with Gasteiger partial charge >= 0.3 is 5.97 Å². The molecule has 0 radical (unpaired) electrons. The fraction of sp³-hybridized carbons (Fsp3) is 0.971. The average Bonchev–Trinajstić information content (AvgIpc) is 2.89. The molecule has 1 unspecified atom stereocenters. The van der Waals surface area contributed by atoms with Gasteiger partial charge in [-0.2, -0.15) is 0 Å². The molecule has 0 aromatic heterocycles. The number of hydrogen-bond acceptors (Lipinski definition) is 3. The van der Waals surface area contributed by atoms with Gasteiger partial charge in [0.2, 0.25) is 0 Å². The summed E-state index contributed by atoms with van der Waals surface area (Å²) in [7, 11) is 0. The summed E-state index contributed by atoms with van der Waals surface area (Å²) in [4.78, 5) is 12.6. The van der Waals surface area contributed by atoms with Crippen molar-refractivity contribution in [2.24, 2.45) is 5.92 Å². The number of unbranched alkanes of at least 4 members (excludes halogenated alkanes) is 24. The molecule has 0 aliphatic heterocycles. The van der Waals surface area contributed by atoms with Crippen LogP contribution in [0.2, 0.25) is 0 Å². The van der Waals surface area contributed by atoms with Gasteiger partial charge in [-0.25, -0.2) is 0 Å². The maximum absolute atomic E-state index is 12.6. The van der Waals surface area contributed by atoms with Crippen LogP contribution in [0.4, 0.5) is 0 Å². The highest BCUT2D eigenvalue weighted by atomic mass is 16.5. The number of carbonyl (C=O) groups is 1. The highest BCUT2D eigenvalue weighted by Crippen LogP contribution is 2.22. The topological polar surface area (TPSA) is 46.5 Å². The van der Waals surface area contributed by atoms with E-state index in [4.69, 9.17) is 9.84 Å². The molecule has 3 nitrogen and oxygen atoms in total. The van der Waals surface area contributed by atoms with Crippen molar-refractivity contribution in [2.45, 2.75) is 207 Å². The number of ether oxygens (including phenoxy) is 1. The Labute approximate surface area is 239 Å². The molecule has 0 saturated carbocycles. The van der Waals surface area contributed by atoms with Gasteiger partial charge in [-0.1, -0.05) is 167 Å². The second-order valence-electron chi connectivity index (χ2n) is 12.3. The summed E-state index contributed by atoms with van der Waals surface area (Å²) in [5.41, 5.74) is 0. The lowest BCUT2D eigenvalue weighted by molar-refractivity contribution is -0.153. The van der Waals surface area contributed by atoms with Crippen LogP contribution in [0.3, 0.4) is 0 Å². The second-order valence-corrected chi connectivity index (χ2v) is 12.3. The van der Waals surface area contributed by atoms with Crippen LogP contribution < -0.4 is 0 Å². The van der Waals surface area contributed by atoms with Crippen LogP contribution in [0, 0.1) is 5.92 Å². The summed E-state index contributed by atoms with van der Waals surface area (Å²) in [5.74, 6) is 0.167. The minimum atomic E-state index is -0.00163. The summed E-state index contributed by atoms with van der Waals surface area (Å²) in [6, 6.07) is 0. The third kappa shape index (κ3) is 28.4. The predicted molar refractivity (Wildman–Crippen MR) is 167 cm³/mol. The number of esters is 1. The zero-order chi connectivity index (χ0) is 27.9. The van der Waals surface area contributed by atoms with Crippen molar-refractivity contribution < 1.29 is 14.6 Å². The predicted octanol–water partition coefficient (Wildman–Crippen LogP) is 11.5. The first-order valence-electron chi connectivity index (χ1n) is 17.4. The molecule has 0 rings (SSSR count). The molecule has 0 spiro atoms. The van der Waals surface area contributed by atoms with Crippen LogP contribution in [0.25, 0.3) is 0 Å². The molecule has 0 bridgehead atoms. The zero-order valence-electron chi connectivity index (χ0n) is 26.4. The molecular formula is C35H70O3. The summed E-state index contributed by atoms with van der Waals surface area (Å²) >= 11 is 0. The van der Waals surface area contributed by atoms with Gasteiger partial charge < -0.3 is 9.84 Å². The van der Waals surface area contributed by atoms with Crippen molar-refractivity contribution in [3.05, 3.63) is 0 Å². The molecule has 0 aromatic rings. The Morgan fingerprint density at radius 3 is 1.08 bits per heavy atom. The lowest BCUT2D eigenvalue weighted by atomic mass is 9.94. The van der Waals surface area contributed by atoms with Crippen LogP contribution >= 0.6 is 0 Å². The van der Waals surface area contributed by atoms with Gasteiger partial charge in [-0.3, -0.25) is 4.79 Å². The summed E-state index contributed by atoms with van der Waals surface area (Å²) < 4.78 is 5.60. The lowest BCUT2D eigenvalue weighted by Gasteiger charge is -2.18. The Balaban J connectivity index is 3.72. The number of carbonyl (C=O) groups excluding carboxylic acids is 1. The third-order valence-corrected chi connectivity index (χ3v) is 8.05. The van der Waals surface area contributed by atoms with E-state index in [0.29, 0.717) is 6.61 Å². The van der Waals surface area contributed by atoms with E-state index in [0.717, 1.165) is 19.3 Å². The van der Waals surface area contributed by atoms with Crippen molar-refractivity contribution in [3.63, 3.8) is 0 Å². The van der Waals surface area contributed by atoms with Crippen molar-refractivity contribution >= 4 is 5.97 Å². The molecule has 3 heteroatoms. The average molecular weight is 539 g/mol. The number of hydrogen-bond donors (Lipinski definition) is 1. The first kappa shape index (κ1) is 37.4. The minimum absolute atomic E-state index is 0.00163. The van der Waals surface area contributed by atoms with E-state index in [9.17, 15) is 4.79 Å². The monoisotopic (exact) mass is 539 g/mol. The Bertz CT molecular complexity index is 462. The lowest BCUT2D eigenvalue weighted by Crippen LogP contribution is -2.21. The number of aliphatic hydroxyl groups excluding tert-OH is 1. The van der Waals surface area contributed by atoms with Crippen molar-refractivity contribution in [1.82, 2.24) is 0 Å². The standard InChI is InChI=1S/C35H70O3/c1-4-5-6-7-8-9-10-15-18-21-24-27-30-34(35(37)38-33(2)3)31-28-25-22-19-16-13-11-12-14-17-20-23-26-29-32-36/h33-34,36H,4-32H2,1-3H3. The molecule has 1 N–H and O–H groups in total. The number of aliphatic hydroxyl groups is 1. The Morgan fingerprint density at radius 2 is 0.789 bits per heavy atom. The van der Waals surface area contributed by atoms with E-state index >= 15 is 0 Å². The molecule has 1 atom stereocenters. The summed E-state index contributed by atoms with van der Waals surface area (Å²) in [6.45, 7) is 6.58. The normalized spacial score (nSPS) is 12.3. The molecule has 0 saturated heterocycles. The van der Waals surface area contributed by atoms with Gasteiger partial charge in [-0.15, -0.1) is 0 Å². The van der Waals surface area contributed by atoms with Gasteiger partial charge in [0.25, 0.3) is 0 Å². The van der Waals surface area contributed by atoms with Gasteiger partial charge in [-0.05, 0) is 33.1 Å². The summed E-state index contributed by atoms with van der Waals surface area (Å²) in [6.07, 6.45) is 36.6. The molecule has 0 aliphatic rings. The van der Waals surface area contributed by atoms with Crippen LogP contribution in [0.1, 0.15) is 201 Å². The van der Waals surface area contributed by atoms with Crippen LogP contribution in [0.15, 0.2) is 0 Å². The Morgan fingerprint density at radius 1 is 0.500 bits per heavy atom. The van der Waals surface area contributed by atoms with E-state index in [1.165, 1.54) is 161 Å². The molecule has 0 fully saturated rings. The first-order valence-corrected chi connectivity index (χ1v) is 17.4. The van der Waals surface area contributed by atoms with E-state index in [-0.39, 0.29) is 18.0 Å². The van der Waals surface area contributed by atoms with Crippen LogP contribution in [-0.2, 0) is 9.53 Å². The van der Waals surface area contributed by atoms with Crippen LogP contribution in [0.5, 0.6) is 0 Å². The fourth-order valence-corrected chi connectivity index (χ4v) is 5.56. The van der Waals surface area contributed by atoms with Gasteiger partial charge in [0, 0.05) is 6.61 Å². The van der Waals surface area contributed by atoms with Crippen molar-refractivity contribution in [2.75, 3.05) is 6.61 Å². The number of rotatable bonds is 31. The SMILES string of the molecule is CCCCCCCCCCCCCCC(CCCCCCCCCCCCCCCCO)C(=O)OC(C)C. The maximum atomic E-state index is 12.6. The van der Waals surface area contributed by atoms with Crippen LogP contribution in [-0.4, -0.2) is 23.8 Å². The van der Waals surface area contributed by atoms with E-state index in [1.54, 1.807) is 0 Å². The molecule has 0 heterocycles. The van der Waals surface area contributed by atoms with Crippen molar-refractivity contribution in [3.8, 4) is 0 Å². The quantitative estimate of drug-likeness (QED) is 0.0705. The summed E-state index contributed by atoms with van der Waals surface area (Å²) in [5, 5.41) is 8.81. The van der Waals surface area contributed by atoms with Gasteiger partial charge in [0.1, 0.15) is 0 Å². The van der Waals surface area contributed by atoms with E-state index in [1.807, 2.05) is 13.8 Å². The third-order valence-electron chi connectivity index (χ3n) is 8.05. The Kier molecular flexibility index (Phi) is 30.5. The highest BCUT2D eigenvalue weighted by molar-refractivity contribution is 5.72. The molecule has 0 amide bonds. The molecule has 0 aromatic carbocycles. The largest absolute Gasteiger partial charge is 0.463 e. The second kappa shape index (κ2) is 31.0. The van der Waals surface area contributed by atoms with Crippen molar-refractivity contribution in [1.29, 1.82) is 0 Å². The smallest absolute Gasteiger partial charge is 0.309 e. The first-order chi connectivity index (χ1) is 18.6. The molecule has 38 heavy (non-hydrogen) atoms. The maximum Gasteiger partial charge on any atom is 0.309 e. The highest BCUT2D eigenvalue weighted by Gasteiger charge is 2.20. The fourth-order valence-electron chi connectivity index (χ4n) is 5.56.